The number of aliphatic carboxylic acids is 1. The average Bonchev–Trinajstić information content (AvgIpc) is 3.59. The summed E-state index contributed by atoms with van der Waals surface area (Å²) in [4.78, 5) is 22.1. The Morgan fingerprint density at radius 2 is 1.44 bits per heavy atom. The number of carboxylic acid groups (broad SMARTS) is 1. The number of halogens is 5. The number of nitrogens with zero attached hydrogens (tertiary/aromatic N) is 2. The number of aromatic amines is 2. The summed E-state index contributed by atoms with van der Waals surface area (Å²) in [6, 6.07) is 4.63. The number of carboxylic acids is 1. The zero-order chi connectivity index (χ0) is 30.2. The van der Waals surface area contributed by atoms with Gasteiger partial charge in [0.1, 0.15) is 29.3 Å². The summed E-state index contributed by atoms with van der Waals surface area (Å²) in [6.45, 7) is 0. The number of benzene rings is 2. The van der Waals surface area contributed by atoms with Gasteiger partial charge in [0.2, 0.25) is 0 Å². The molecule has 3 aliphatic carbocycles. The fraction of sp³-hybridized carbons (Fsp3) is 0.258. The number of aromatic nitrogens is 3. The lowest BCUT2D eigenvalue weighted by Crippen LogP contribution is -2.51. The number of rotatable bonds is 5. The molecule has 12 heteroatoms. The van der Waals surface area contributed by atoms with Gasteiger partial charge in [0.05, 0.1) is 28.2 Å². The Hall–Kier alpha value is -4.92. The number of nitriles is 1. The standard InChI is InChI=1S/C31H22F5N5O2/c32-14-5-16-19(10-38-28(16)21(34)7-14)24-18(9-37)27(20-11-39-29-17(20)6-15(33)8-22(29)35)41-30(25(24)36)40-26-13-3-1-12(2-4-13)23(26)31(42)43/h5-8,10-13,23,26,38-39H,1-4H2,(H,40,41)(H,42,43)/t12?,13?,23-,26-/m1/s1. The molecule has 0 saturated heterocycles. The molecule has 3 aliphatic rings. The second kappa shape index (κ2) is 9.83. The third-order valence-corrected chi connectivity index (χ3v) is 8.99. The van der Waals surface area contributed by atoms with Crippen LogP contribution in [-0.2, 0) is 4.79 Å². The minimum Gasteiger partial charge on any atom is -0.481 e. The van der Waals surface area contributed by atoms with Crippen molar-refractivity contribution in [2.24, 2.45) is 17.8 Å². The van der Waals surface area contributed by atoms with Gasteiger partial charge in [0.15, 0.2) is 11.6 Å². The third-order valence-electron chi connectivity index (χ3n) is 8.99. The maximum absolute atomic E-state index is 16.6. The molecule has 3 heterocycles. The lowest BCUT2D eigenvalue weighted by Gasteiger charge is -2.47. The van der Waals surface area contributed by atoms with Crippen LogP contribution in [0.2, 0.25) is 0 Å². The van der Waals surface area contributed by atoms with Gasteiger partial charge in [0, 0.05) is 58.0 Å². The van der Waals surface area contributed by atoms with Crippen molar-refractivity contribution in [1.29, 1.82) is 5.26 Å². The molecule has 0 radical (unpaired) electrons. The smallest absolute Gasteiger partial charge is 0.308 e. The number of nitrogens with one attached hydrogen (secondary N) is 3. The molecule has 2 bridgehead atoms. The van der Waals surface area contributed by atoms with E-state index < -0.39 is 47.0 Å². The second-order valence-electron chi connectivity index (χ2n) is 11.2. The third kappa shape index (κ3) is 4.13. The molecule has 0 amide bonds. The first-order valence-electron chi connectivity index (χ1n) is 13.7. The largest absolute Gasteiger partial charge is 0.481 e. The van der Waals surface area contributed by atoms with Crippen molar-refractivity contribution < 1.29 is 31.9 Å². The fourth-order valence-corrected chi connectivity index (χ4v) is 7.10. The van der Waals surface area contributed by atoms with Crippen molar-refractivity contribution in [2.45, 2.75) is 31.7 Å². The van der Waals surface area contributed by atoms with Gasteiger partial charge >= 0.3 is 5.97 Å². The van der Waals surface area contributed by atoms with Crippen LogP contribution in [0.1, 0.15) is 31.2 Å². The van der Waals surface area contributed by atoms with Gasteiger partial charge in [-0.2, -0.15) is 5.26 Å². The van der Waals surface area contributed by atoms with Gasteiger partial charge in [-0.15, -0.1) is 0 Å². The normalized spacial score (nSPS) is 21.4. The van der Waals surface area contributed by atoms with Crippen LogP contribution in [0.4, 0.5) is 27.8 Å². The zero-order valence-electron chi connectivity index (χ0n) is 22.2. The fourth-order valence-electron chi connectivity index (χ4n) is 7.10. The Kier molecular flexibility index (Phi) is 6.16. The predicted molar refractivity (Wildman–Crippen MR) is 147 cm³/mol. The summed E-state index contributed by atoms with van der Waals surface area (Å²) in [5, 5.41) is 23.4. The molecule has 43 heavy (non-hydrogen) atoms. The number of H-pyrrole nitrogens is 2. The summed E-state index contributed by atoms with van der Waals surface area (Å²) in [7, 11) is 0. The van der Waals surface area contributed by atoms with Crippen LogP contribution in [0.5, 0.6) is 0 Å². The molecule has 2 aromatic carbocycles. The van der Waals surface area contributed by atoms with Crippen LogP contribution in [-0.4, -0.2) is 32.1 Å². The van der Waals surface area contributed by atoms with E-state index in [1.807, 2.05) is 6.07 Å². The van der Waals surface area contributed by atoms with Crippen molar-refractivity contribution in [3.63, 3.8) is 0 Å². The average molecular weight is 592 g/mol. The molecule has 7 nitrogen and oxygen atoms in total. The molecule has 0 unspecified atom stereocenters. The maximum atomic E-state index is 16.6. The number of hydrogen-bond donors (Lipinski definition) is 4. The van der Waals surface area contributed by atoms with Crippen molar-refractivity contribution in [1.82, 2.24) is 15.0 Å². The predicted octanol–water partition coefficient (Wildman–Crippen LogP) is 7.25. The molecule has 3 aromatic heterocycles. The molecule has 218 valence electrons. The van der Waals surface area contributed by atoms with Crippen LogP contribution in [0.15, 0.2) is 36.7 Å². The van der Waals surface area contributed by atoms with Gasteiger partial charge < -0.3 is 20.4 Å². The zero-order valence-corrected chi connectivity index (χ0v) is 22.2. The molecule has 3 fully saturated rings. The van der Waals surface area contributed by atoms with Gasteiger partial charge in [0.25, 0.3) is 0 Å². The Labute approximate surface area is 240 Å². The quantitative estimate of drug-likeness (QED) is 0.161. The highest BCUT2D eigenvalue weighted by atomic mass is 19.1. The molecular weight excluding hydrogens is 569 g/mol. The Morgan fingerprint density at radius 3 is 2.02 bits per heavy atom. The lowest BCUT2D eigenvalue weighted by atomic mass is 9.61. The summed E-state index contributed by atoms with van der Waals surface area (Å²) in [5.41, 5.74) is -1.03. The van der Waals surface area contributed by atoms with E-state index in [2.05, 4.69) is 20.3 Å². The van der Waals surface area contributed by atoms with E-state index in [9.17, 15) is 32.7 Å². The van der Waals surface area contributed by atoms with Gasteiger partial charge in [-0.3, -0.25) is 4.79 Å². The SMILES string of the molecule is N#Cc1c(-c2c[nH]c3c(F)cc(F)cc23)nc(N[C@@H]2C3CCC(CC3)[C@H]2C(=O)O)c(F)c1-c1c[nH]c2c(F)cc(F)cc12. The minimum atomic E-state index is -1.03. The number of hydrogen-bond acceptors (Lipinski definition) is 4. The van der Waals surface area contributed by atoms with Crippen molar-refractivity contribution in [2.75, 3.05) is 5.32 Å². The van der Waals surface area contributed by atoms with Gasteiger partial charge in [-0.05, 0) is 49.7 Å². The van der Waals surface area contributed by atoms with Crippen molar-refractivity contribution in [3.05, 3.63) is 71.3 Å². The first kappa shape index (κ1) is 26.9. The van der Waals surface area contributed by atoms with Gasteiger partial charge in [-0.1, -0.05) is 0 Å². The highest BCUT2D eigenvalue weighted by Crippen LogP contribution is 2.48. The summed E-state index contributed by atoms with van der Waals surface area (Å²) >= 11 is 0. The molecule has 4 N–H and O–H groups in total. The van der Waals surface area contributed by atoms with E-state index in [-0.39, 0.29) is 67.4 Å². The molecule has 0 aliphatic heterocycles. The van der Waals surface area contributed by atoms with Crippen LogP contribution in [0.3, 0.4) is 0 Å². The van der Waals surface area contributed by atoms with Crippen LogP contribution in [0, 0.1) is 58.2 Å². The first-order chi connectivity index (χ1) is 20.7. The highest BCUT2D eigenvalue weighted by Gasteiger charge is 2.48. The minimum absolute atomic E-state index is 0.0289. The van der Waals surface area contributed by atoms with Crippen LogP contribution >= 0.6 is 0 Å². The Bertz CT molecular complexity index is 2000. The van der Waals surface area contributed by atoms with E-state index >= 15 is 4.39 Å². The number of fused-ring (bicyclic) bond motifs is 5. The van der Waals surface area contributed by atoms with Crippen LogP contribution in [0.25, 0.3) is 44.2 Å². The molecule has 8 rings (SSSR count). The molecular formula is C31H22F5N5O2. The molecule has 5 aromatic rings. The highest BCUT2D eigenvalue weighted by molar-refractivity contribution is 6.02. The summed E-state index contributed by atoms with van der Waals surface area (Å²) < 4.78 is 74.5. The number of carbonyl (C=O) groups is 1. The lowest BCUT2D eigenvalue weighted by molar-refractivity contribution is -0.148. The van der Waals surface area contributed by atoms with E-state index in [0.717, 1.165) is 37.8 Å². The van der Waals surface area contributed by atoms with E-state index in [0.29, 0.717) is 12.1 Å². The van der Waals surface area contributed by atoms with Crippen LogP contribution < -0.4 is 5.32 Å². The topological polar surface area (TPSA) is 118 Å². The summed E-state index contributed by atoms with van der Waals surface area (Å²) in [5.74, 6) is -7.10. The van der Waals surface area contributed by atoms with E-state index in [4.69, 9.17) is 0 Å². The molecule has 2 atom stereocenters. The maximum Gasteiger partial charge on any atom is 0.308 e. The molecule has 0 spiro atoms. The summed E-state index contributed by atoms with van der Waals surface area (Å²) in [6.07, 6.45) is 5.49. The van der Waals surface area contributed by atoms with Crippen molar-refractivity contribution in [3.8, 4) is 28.5 Å². The Morgan fingerprint density at radius 1 is 0.884 bits per heavy atom. The first-order valence-corrected chi connectivity index (χ1v) is 13.7. The molecule has 3 saturated carbocycles. The Balaban J connectivity index is 1.51. The van der Waals surface area contributed by atoms with E-state index in [1.165, 1.54) is 12.4 Å². The van der Waals surface area contributed by atoms with Gasteiger partial charge in [-0.25, -0.2) is 26.9 Å². The van der Waals surface area contributed by atoms with Crippen molar-refractivity contribution >= 4 is 33.6 Å². The van der Waals surface area contributed by atoms with E-state index in [1.54, 1.807) is 0 Å². The number of anilines is 1. The number of pyridine rings is 1. The monoisotopic (exact) mass is 591 g/mol. The second-order valence-corrected chi connectivity index (χ2v) is 11.2.